The summed E-state index contributed by atoms with van der Waals surface area (Å²) in [5.74, 6) is -0.0268. The van der Waals surface area contributed by atoms with Crippen molar-refractivity contribution in [3.8, 4) is 0 Å². The van der Waals surface area contributed by atoms with Crippen LogP contribution in [0.1, 0.15) is 32.8 Å². The Morgan fingerprint density at radius 3 is 2.92 bits per heavy atom. The van der Waals surface area contributed by atoms with Crippen LogP contribution in [0.4, 0.5) is 0 Å². The third kappa shape index (κ3) is 3.06. The van der Waals surface area contributed by atoms with E-state index >= 15 is 0 Å². The smallest absolute Gasteiger partial charge is 0.272 e. The first-order valence-electron chi connectivity index (χ1n) is 8.72. The van der Waals surface area contributed by atoms with Crippen LogP contribution in [0.5, 0.6) is 0 Å². The van der Waals surface area contributed by atoms with E-state index in [0.29, 0.717) is 23.7 Å². The van der Waals surface area contributed by atoms with Crippen LogP contribution in [0, 0.1) is 5.92 Å². The molecule has 0 bridgehead atoms. The molecule has 1 fully saturated rings. The van der Waals surface area contributed by atoms with Gasteiger partial charge in [0.05, 0.1) is 6.20 Å². The summed E-state index contributed by atoms with van der Waals surface area (Å²) in [6.45, 7) is 1.44. The number of hydrogen-bond donors (Lipinski definition) is 1. The molecule has 0 saturated carbocycles. The Labute approximate surface area is 151 Å². The zero-order valence-corrected chi connectivity index (χ0v) is 14.3. The van der Waals surface area contributed by atoms with E-state index in [-0.39, 0.29) is 5.91 Å². The van der Waals surface area contributed by atoms with Crippen LogP contribution >= 0.6 is 0 Å². The molecule has 1 saturated heterocycles. The summed E-state index contributed by atoms with van der Waals surface area (Å²) in [6, 6.07) is 13.1. The minimum atomic E-state index is -0.414. The third-order valence-corrected chi connectivity index (χ3v) is 4.95. The van der Waals surface area contributed by atoms with Crippen LogP contribution in [-0.2, 0) is 6.42 Å². The van der Waals surface area contributed by atoms with Crippen molar-refractivity contribution in [2.24, 2.45) is 11.7 Å². The van der Waals surface area contributed by atoms with Crippen molar-refractivity contribution in [1.29, 1.82) is 0 Å². The molecule has 1 aromatic carbocycles. The van der Waals surface area contributed by atoms with E-state index in [9.17, 15) is 9.59 Å². The second kappa shape index (κ2) is 6.63. The number of amides is 2. The van der Waals surface area contributed by atoms with Crippen molar-refractivity contribution in [2.75, 3.05) is 13.1 Å². The lowest BCUT2D eigenvalue weighted by Crippen LogP contribution is -2.29. The van der Waals surface area contributed by atoms with Gasteiger partial charge in [0.2, 0.25) is 5.91 Å². The zero-order valence-electron chi connectivity index (χ0n) is 14.3. The number of pyridine rings is 1. The van der Waals surface area contributed by atoms with Crippen molar-refractivity contribution in [1.82, 2.24) is 14.3 Å². The molecule has 3 heterocycles. The van der Waals surface area contributed by atoms with Gasteiger partial charge in [0.25, 0.3) is 5.91 Å². The molecule has 2 N–H and O–H groups in total. The number of primary amides is 1. The molecule has 2 amide bonds. The lowest BCUT2D eigenvalue weighted by atomic mass is 9.97. The summed E-state index contributed by atoms with van der Waals surface area (Å²) in [7, 11) is 0. The maximum atomic E-state index is 12.9. The van der Waals surface area contributed by atoms with Crippen LogP contribution in [-0.4, -0.2) is 39.2 Å². The van der Waals surface area contributed by atoms with Gasteiger partial charge in [-0.15, -0.1) is 0 Å². The van der Waals surface area contributed by atoms with Gasteiger partial charge >= 0.3 is 0 Å². The third-order valence-electron chi connectivity index (χ3n) is 4.95. The van der Waals surface area contributed by atoms with Gasteiger partial charge in [0.1, 0.15) is 11.3 Å². The molecular formula is C20H20N4O2. The zero-order chi connectivity index (χ0) is 18.1. The predicted octanol–water partition coefficient (Wildman–Crippen LogP) is 2.14. The van der Waals surface area contributed by atoms with Crippen molar-refractivity contribution in [3.05, 3.63) is 71.7 Å². The first kappa shape index (κ1) is 16.3. The highest BCUT2D eigenvalue weighted by atomic mass is 16.2. The number of likely N-dealkylation sites (tertiary alicyclic amines) is 1. The van der Waals surface area contributed by atoms with Crippen molar-refractivity contribution in [3.63, 3.8) is 0 Å². The van der Waals surface area contributed by atoms with E-state index < -0.39 is 5.91 Å². The van der Waals surface area contributed by atoms with Gasteiger partial charge in [-0.3, -0.25) is 14.0 Å². The SMILES string of the molecule is NC(=O)c1cccc(CC2CCN(C(=O)c3cnc4ccccn34)C2)c1. The number of hydrogen-bond acceptors (Lipinski definition) is 3. The number of carbonyl (C=O) groups excluding carboxylic acids is 2. The topological polar surface area (TPSA) is 80.7 Å². The molecule has 0 spiro atoms. The molecule has 0 aliphatic carbocycles. The van der Waals surface area contributed by atoms with Crippen molar-refractivity contribution in [2.45, 2.75) is 12.8 Å². The number of rotatable bonds is 4. The molecule has 0 radical (unpaired) electrons. The molecule has 4 rings (SSSR count). The fourth-order valence-electron chi connectivity index (χ4n) is 3.62. The van der Waals surface area contributed by atoms with E-state index in [0.717, 1.165) is 30.6 Å². The van der Waals surface area contributed by atoms with Crippen LogP contribution in [0.3, 0.4) is 0 Å². The maximum Gasteiger partial charge on any atom is 0.272 e. The minimum Gasteiger partial charge on any atom is -0.366 e. The fraction of sp³-hybridized carbons (Fsp3) is 0.250. The highest BCUT2D eigenvalue weighted by Gasteiger charge is 2.28. The summed E-state index contributed by atoms with van der Waals surface area (Å²) >= 11 is 0. The summed E-state index contributed by atoms with van der Waals surface area (Å²) in [4.78, 5) is 30.4. The Bertz CT molecular complexity index is 979. The number of nitrogens with zero attached hydrogens (tertiary/aromatic N) is 3. The van der Waals surface area contributed by atoms with Crippen LogP contribution in [0.25, 0.3) is 5.65 Å². The van der Waals surface area contributed by atoms with Crippen LogP contribution in [0.15, 0.2) is 54.9 Å². The molecule has 1 aliphatic heterocycles. The molecule has 1 unspecified atom stereocenters. The lowest BCUT2D eigenvalue weighted by Gasteiger charge is -2.16. The van der Waals surface area contributed by atoms with E-state index in [1.165, 1.54) is 0 Å². The Balaban J connectivity index is 1.46. The van der Waals surface area contributed by atoms with Gasteiger partial charge in [-0.25, -0.2) is 4.98 Å². The summed E-state index contributed by atoms with van der Waals surface area (Å²) in [5.41, 5.74) is 8.33. The second-order valence-corrected chi connectivity index (χ2v) is 6.75. The summed E-state index contributed by atoms with van der Waals surface area (Å²) in [5, 5.41) is 0. The average Bonchev–Trinajstić information content (AvgIpc) is 3.28. The van der Waals surface area contributed by atoms with E-state index in [2.05, 4.69) is 4.98 Å². The minimum absolute atomic E-state index is 0.0112. The molecule has 6 heteroatoms. The number of imidazole rings is 1. The molecule has 1 aliphatic rings. The number of benzene rings is 1. The first-order chi connectivity index (χ1) is 12.6. The molecule has 1 atom stereocenters. The molecule has 2 aromatic heterocycles. The largest absolute Gasteiger partial charge is 0.366 e. The number of aromatic nitrogens is 2. The van der Waals surface area contributed by atoms with E-state index in [1.54, 1.807) is 12.3 Å². The summed E-state index contributed by atoms with van der Waals surface area (Å²) < 4.78 is 1.83. The van der Waals surface area contributed by atoms with Crippen molar-refractivity contribution < 1.29 is 9.59 Å². The highest BCUT2D eigenvalue weighted by molar-refractivity contribution is 5.93. The average molecular weight is 348 g/mol. The van der Waals surface area contributed by atoms with Gasteiger partial charge < -0.3 is 10.6 Å². The molecule has 26 heavy (non-hydrogen) atoms. The van der Waals surface area contributed by atoms with Crippen LogP contribution in [0.2, 0.25) is 0 Å². The van der Waals surface area contributed by atoms with Gasteiger partial charge in [-0.05, 0) is 48.6 Å². The first-order valence-corrected chi connectivity index (χ1v) is 8.72. The number of fused-ring (bicyclic) bond motifs is 1. The Morgan fingerprint density at radius 1 is 1.19 bits per heavy atom. The molecule has 132 valence electrons. The highest BCUT2D eigenvalue weighted by Crippen LogP contribution is 2.23. The van der Waals surface area contributed by atoms with Gasteiger partial charge in [0.15, 0.2) is 0 Å². The van der Waals surface area contributed by atoms with Gasteiger partial charge in [-0.1, -0.05) is 18.2 Å². The lowest BCUT2D eigenvalue weighted by molar-refractivity contribution is 0.0780. The van der Waals surface area contributed by atoms with Crippen molar-refractivity contribution >= 4 is 17.5 Å². The van der Waals surface area contributed by atoms with E-state index in [4.69, 9.17) is 5.73 Å². The Hall–Kier alpha value is -3.15. The maximum absolute atomic E-state index is 12.9. The quantitative estimate of drug-likeness (QED) is 0.784. The Morgan fingerprint density at radius 2 is 2.08 bits per heavy atom. The summed E-state index contributed by atoms with van der Waals surface area (Å²) in [6.07, 6.45) is 5.28. The predicted molar refractivity (Wildman–Crippen MR) is 97.9 cm³/mol. The Kier molecular flexibility index (Phi) is 4.16. The second-order valence-electron chi connectivity index (χ2n) is 6.75. The van der Waals surface area contributed by atoms with E-state index in [1.807, 2.05) is 51.9 Å². The van der Waals surface area contributed by atoms with Gasteiger partial charge in [-0.2, -0.15) is 0 Å². The number of carbonyl (C=O) groups is 2. The molecule has 6 nitrogen and oxygen atoms in total. The standard InChI is InChI=1S/C20H20N4O2/c21-19(25)16-5-3-4-14(11-16)10-15-7-9-23(13-15)20(26)17-12-22-18-6-1-2-8-24(17)18/h1-6,8,11-12,15H,7,9-10,13H2,(H2,21,25). The number of nitrogens with two attached hydrogens (primary N) is 1. The fourth-order valence-corrected chi connectivity index (χ4v) is 3.62. The molecular weight excluding hydrogens is 328 g/mol. The molecule has 3 aromatic rings. The normalized spacial score (nSPS) is 16.9. The van der Waals surface area contributed by atoms with Crippen LogP contribution < -0.4 is 5.73 Å². The monoisotopic (exact) mass is 348 g/mol. The van der Waals surface area contributed by atoms with Gasteiger partial charge in [0, 0.05) is 24.8 Å².